The first-order valence-electron chi connectivity index (χ1n) is 6.58. The van der Waals surface area contributed by atoms with Crippen molar-refractivity contribution in [1.82, 2.24) is 5.32 Å². The van der Waals surface area contributed by atoms with Crippen LogP contribution in [0, 0.1) is 10.8 Å². The number of amides is 1. The van der Waals surface area contributed by atoms with E-state index in [0.717, 1.165) is 6.42 Å². The Morgan fingerprint density at radius 3 is 2.06 bits per heavy atom. The second kappa shape index (κ2) is 7.62. The molecule has 108 valence electrons. The average molecular weight is 259 g/mol. The Balaban J connectivity index is 3.42. The van der Waals surface area contributed by atoms with Gasteiger partial charge in [0.1, 0.15) is 6.61 Å². The zero-order chi connectivity index (χ0) is 14.2. The molecule has 0 aliphatic heterocycles. The molecule has 0 atom stereocenters. The van der Waals surface area contributed by atoms with Gasteiger partial charge in [0.05, 0.1) is 6.61 Å². The van der Waals surface area contributed by atoms with Crippen molar-refractivity contribution >= 4 is 6.09 Å². The van der Waals surface area contributed by atoms with Crippen LogP contribution in [-0.2, 0) is 9.47 Å². The Kier molecular flexibility index (Phi) is 7.29. The van der Waals surface area contributed by atoms with Crippen molar-refractivity contribution in [2.24, 2.45) is 10.8 Å². The Morgan fingerprint density at radius 2 is 1.56 bits per heavy atom. The van der Waals surface area contributed by atoms with Gasteiger partial charge in [-0.2, -0.15) is 0 Å². The molecule has 0 unspecified atom stereocenters. The molecule has 0 spiro atoms. The largest absolute Gasteiger partial charge is 0.447 e. The molecule has 18 heavy (non-hydrogen) atoms. The quantitative estimate of drug-likeness (QED) is 0.745. The van der Waals surface area contributed by atoms with Crippen LogP contribution >= 0.6 is 0 Å². The number of hydrogen-bond donors (Lipinski definition) is 1. The van der Waals surface area contributed by atoms with Gasteiger partial charge < -0.3 is 14.8 Å². The van der Waals surface area contributed by atoms with Crippen molar-refractivity contribution in [3.8, 4) is 0 Å². The minimum atomic E-state index is -0.371. The summed E-state index contributed by atoms with van der Waals surface area (Å²) in [5.41, 5.74) is 0.354. The number of carbonyl (C=O) groups excluding carboxylic acids is 1. The molecule has 0 aromatic carbocycles. The van der Waals surface area contributed by atoms with E-state index in [-0.39, 0.29) is 16.9 Å². The molecule has 0 aliphatic carbocycles. The Labute approximate surface area is 111 Å². The molecule has 0 radical (unpaired) electrons. The fourth-order valence-corrected chi connectivity index (χ4v) is 1.06. The number of carbonyl (C=O) groups is 1. The van der Waals surface area contributed by atoms with Crippen molar-refractivity contribution in [3.05, 3.63) is 0 Å². The highest BCUT2D eigenvalue weighted by molar-refractivity contribution is 5.67. The molecule has 0 bridgehead atoms. The highest BCUT2D eigenvalue weighted by Gasteiger charge is 2.12. The van der Waals surface area contributed by atoms with Gasteiger partial charge in [-0.15, -0.1) is 0 Å². The lowest BCUT2D eigenvalue weighted by Crippen LogP contribution is -2.33. The van der Waals surface area contributed by atoms with Gasteiger partial charge in [-0.25, -0.2) is 4.79 Å². The second-order valence-electron chi connectivity index (χ2n) is 6.97. The molecule has 1 N–H and O–H groups in total. The average Bonchev–Trinajstić information content (AvgIpc) is 2.17. The standard InChI is InChI=1S/C14H29NO3/c1-13(2,3)7-8-17-9-10-18-12(16)15-11-14(4,5)6/h7-11H2,1-6H3,(H,15,16). The first-order valence-corrected chi connectivity index (χ1v) is 6.58. The predicted molar refractivity (Wildman–Crippen MR) is 73.7 cm³/mol. The summed E-state index contributed by atoms with van der Waals surface area (Å²) < 4.78 is 10.4. The van der Waals surface area contributed by atoms with Crippen molar-refractivity contribution in [2.45, 2.75) is 48.0 Å². The Hall–Kier alpha value is -0.770. The van der Waals surface area contributed by atoms with Crippen LogP contribution < -0.4 is 5.32 Å². The summed E-state index contributed by atoms with van der Waals surface area (Å²) >= 11 is 0. The highest BCUT2D eigenvalue weighted by Crippen LogP contribution is 2.17. The number of ether oxygens (including phenoxy) is 2. The maximum atomic E-state index is 11.3. The zero-order valence-electron chi connectivity index (χ0n) is 12.8. The van der Waals surface area contributed by atoms with Gasteiger partial charge in [0, 0.05) is 13.2 Å². The van der Waals surface area contributed by atoms with Gasteiger partial charge in [-0.05, 0) is 17.3 Å². The minimum absolute atomic E-state index is 0.0717. The summed E-state index contributed by atoms with van der Waals surface area (Å²) in [6.07, 6.45) is 0.632. The lowest BCUT2D eigenvalue weighted by Gasteiger charge is -2.19. The lowest BCUT2D eigenvalue weighted by atomic mass is 9.93. The van der Waals surface area contributed by atoms with Crippen molar-refractivity contribution in [3.63, 3.8) is 0 Å². The van der Waals surface area contributed by atoms with Gasteiger partial charge in [0.25, 0.3) is 0 Å². The normalized spacial score (nSPS) is 12.3. The number of hydrogen-bond acceptors (Lipinski definition) is 3. The van der Waals surface area contributed by atoms with Crippen LogP contribution in [0.3, 0.4) is 0 Å². The van der Waals surface area contributed by atoms with Crippen LogP contribution in [0.4, 0.5) is 4.79 Å². The first-order chi connectivity index (χ1) is 8.10. The molecule has 1 amide bonds. The third-order valence-electron chi connectivity index (χ3n) is 2.22. The van der Waals surface area contributed by atoms with Crippen LogP contribution in [-0.4, -0.2) is 32.5 Å². The van der Waals surface area contributed by atoms with E-state index < -0.39 is 0 Å². The van der Waals surface area contributed by atoms with E-state index >= 15 is 0 Å². The number of nitrogens with one attached hydrogen (secondary N) is 1. The summed E-state index contributed by atoms with van der Waals surface area (Å²) in [6.45, 7) is 14.8. The van der Waals surface area contributed by atoms with Gasteiger partial charge in [-0.3, -0.25) is 0 Å². The summed E-state index contributed by atoms with van der Waals surface area (Å²) in [5, 5.41) is 2.72. The Bertz CT molecular complexity index is 238. The molecule has 0 fully saturated rings. The minimum Gasteiger partial charge on any atom is -0.447 e. The molecule has 4 nitrogen and oxygen atoms in total. The van der Waals surface area contributed by atoms with E-state index in [9.17, 15) is 4.79 Å². The number of rotatable bonds is 6. The Morgan fingerprint density at radius 1 is 0.944 bits per heavy atom. The topological polar surface area (TPSA) is 47.6 Å². The van der Waals surface area contributed by atoms with Crippen molar-refractivity contribution in [1.29, 1.82) is 0 Å². The van der Waals surface area contributed by atoms with Gasteiger partial charge in [-0.1, -0.05) is 41.5 Å². The summed E-state index contributed by atoms with van der Waals surface area (Å²) in [5.74, 6) is 0. The molecule has 0 heterocycles. The third kappa shape index (κ3) is 13.3. The molecule has 0 aromatic rings. The van der Waals surface area contributed by atoms with Crippen LogP contribution in [0.15, 0.2) is 0 Å². The van der Waals surface area contributed by atoms with E-state index in [1.54, 1.807) is 0 Å². The summed E-state index contributed by atoms with van der Waals surface area (Å²) in [6, 6.07) is 0. The van der Waals surface area contributed by atoms with Crippen molar-refractivity contribution in [2.75, 3.05) is 26.4 Å². The van der Waals surface area contributed by atoms with Crippen LogP contribution in [0.25, 0.3) is 0 Å². The summed E-state index contributed by atoms with van der Waals surface area (Å²) in [7, 11) is 0. The number of alkyl carbamates (subject to hydrolysis) is 1. The van der Waals surface area contributed by atoms with E-state index in [1.165, 1.54) is 0 Å². The molecule has 0 aromatic heterocycles. The van der Waals surface area contributed by atoms with Crippen LogP contribution in [0.5, 0.6) is 0 Å². The van der Waals surface area contributed by atoms with Gasteiger partial charge >= 0.3 is 6.09 Å². The third-order valence-corrected chi connectivity index (χ3v) is 2.22. The van der Waals surface area contributed by atoms with Crippen LogP contribution in [0.1, 0.15) is 48.0 Å². The zero-order valence-corrected chi connectivity index (χ0v) is 12.8. The van der Waals surface area contributed by atoms with Gasteiger partial charge in [0.2, 0.25) is 0 Å². The molecule has 4 heteroatoms. The van der Waals surface area contributed by atoms with E-state index in [1.807, 2.05) is 0 Å². The maximum Gasteiger partial charge on any atom is 0.407 e. The lowest BCUT2D eigenvalue weighted by molar-refractivity contribution is 0.0604. The highest BCUT2D eigenvalue weighted by atomic mass is 16.6. The molecule has 0 aliphatic rings. The van der Waals surface area contributed by atoms with Crippen molar-refractivity contribution < 1.29 is 14.3 Å². The molecular weight excluding hydrogens is 230 g/mol. The fraction of sp³-hybridized carbons (Fsp3) is 0.929. The molecule has 0 rings (SSSR count). The van der Waals surface area contributed by atoms with E-state index in [0.29, 0.717) is 26.4 Å². The summed E-state index contributed by atoms with van der Waals surface area (Å²) in [4.78, 5) is 11.3. The molecular formula is C14H29NO3. The van der Waals surface area contributed by atoms with E-state index in [2.05, 4.69) is 46.9 Å². The van der Waals surface area contributed by atoms with E-state index in [4.69, 9.17) is 9.47 Å². The molecule has 0 saturated carbocycles. The fourth-order valence-electron chi connectivity index (χ4n) is 1.06. The molecule has 0 saturated heterocycles. The monoisotopic (exact) mass is 259 g/mol. The maximum absolute atomic E-state index is 11.3. The van der Waals surface area contributed by atoms with Gasteiger partial charge in [0.15, 0.2) is 0 Å². The first kappa shape index (κ1) is 17.2. The smallest absolute Gasteiger partial charge is 0.407 e. The SMILES string of the molecule is CC(C)(C)CCOCCOC(=O)NCC(C)(C)C. The predicted octanol–water partition coefficient (Wildman–Crippen LogP) is 3.21. The second-order valence-corrected chi connectivity index (χ2v) is 6.97. The van der Waals surface area contributed by atoms with Crippen LogP contribution in [0.2, 0.25) is 0 Å².